The minimum atomic E-state index is -1.24. The molecule has 0 spiro atoms. The first-order chi connectivity index (χ1) is 8.47. The van der Waals surface area contributed by atoms with E-state index >= 15 is 0 Å². The highest BCUT2D eigenvalue weighted by Crippen LogP contribution is 2.30. The van der Waals surface area contributed by atoms with Gasteiger partial charge < -0.3 is 5.11 Å². The third-order valence-corrected chi connectivity index (χ3v) is 2.81. The number of hydrogen-bond acceptors (Lipinski definition) is 2. The summed E-state index contributed by atoms with van der Waals surface area (Å²) in [6.45, 7) is 0. The lowest BCUT2D eigenvalue weighted by molar-refractivity contribution is 0.0696. The highest BCUT2D eigenvalue weighted by Gasteiger charge is 2.12. The molecule has 2 rings (SSSR count). The number of carbonyl (C=O) groups is 1. The number of hydrogen-bond donors (Lipinski definition) is 1. The Balaban J connectivity index is 2.63. The van der Waals surface area contributed by atoms with Crippen LogP contribution in [-0.4, -0.2) is 16.1 Å². The van der Waals surface area contributed by atoms with E-state index in [2.05, 4.69) is 4.98 Å². The lowest BCUT2D eigenvalue weighted by atomic mass is 10.1. The highest BCUT2D eigenvalue weighted by atomic mass is 35.5. The maximum Gasteiger partial charge on any atom is 0.335 e. The molecule has 0 aliphatic heterocycles. The molecule has 0 fully saturated rings. The van der Waals surface area contributed by atoms with Gasteiger partial charge in [-0.15, -0.1) is 0 Å². The molecule has 0 saturated carbocycles. The normalized spacial score (nSPS) is 10.4. The third-order valence-electron chi connectivity index (χ3n) is 2.25. The molecule has 1 aromatic carbocycles. The fourth-order valence-electron chi connectivity index (χ4n) is 1.45. The van der Waals surface area contributed by atoms with Crippen molar-refractivity contribution >= 4 is 29.2 Å². The van der Waals surface area contributed by atoms with Crippen molar-refractivity contribution < 1.29 is 14.3 Å². The first-order valence-corrected chi connectivity index (χ1v) is 5.59. The summed E-state index contributed by atoms with van der Waals surface area (Å²) in [4.78, 5) is 14.5. The number of aromatic nitrogens is 1. The summed E-state index contributed by atoms with van der Waals surface area (Å²) in [7, 11) is 0. The van der Waals surface area contributed by atoms with E-state index in [1.165, 1.54) is 18.2 Å². The Hall–Kier alpha value is -1.65. The van der Waals surface area contributed by atoms with Crippen molar-refractivity contribution in [2.45, 2.75) is 0 Å². The van der Waals surface area contributed by atoms with Gasteiger partial charge in [0.25, 0.3) is 0 Å². The smallest absolute Gasteiger partial charge is 0.335 e. The van der Waals surface area contributed by atoms with E-state index in [0.29, 0.717) is 15.6 Å². The number of carboxylic acid groups (broad SMARTS) is 1. The number of benzene rings is 1. The molecule has 1 heterocycles. The van der Waals surface area contributed by atoms with Crippen LogP contribution in [0.2, 0.25) is 10.0 Å². The topological polar surface area (TPSA) is 50.2 Å². The maximum atomic E-state index is 13.3. The lowest BCUT2D eigenvalue weighted by Gasteiger charge is -2.05. The van der Waals surface area contributed by atoms with Crippen LogP contribution in [-0.2, 0) is 0 Å². The van der Waals surface area contributed by atoms with E-state index in [0.717, 1.165) is 6.07 Å². The van der Waals surface area contributed by atoms with Crippen molar-refractivity contribution in [3.8, 4) is 11.3 Å². The predicted octanol–water partition coefficient (Wildman–Crippen LogP) is 3.89. The van der Waals surface area contributed by atoms with Crippen LogP contribution in [0, 0.1) is 5.95 Å². The summed E-state index contributed by atoms with van der Waals surface area (Å²) in [6.07, 6.45) is 0. The SMILES string of the molecule is O=C(O)c1cc(F)nc(-c2cc(Cl)ccc2Cl)c1. The van der Waals surface area contributed by atoms with Crippen LogP contribution in [0.4, 0.5) is 4.39 Å². The van der Waals surface area contributed by atoms with Gasteiger partial charge in [0, 0.05) is 16.7 Å². The molecule has 0 radical (unpaired) electrons. The van der Waals surface area contributed by atoms with Crippen LogP contribution in [0.1, 0.15) is 10.4 Å². The van der Waals surface area contributed by atoms with Crippen molar-refractivity contribution in [1.82, 2.24) is 4.98 Å². The molecule has 0 saturated heterocycles. The quantitative estimate of drug-likeness (QED) is 0.852. The molecule has 6 heteroatoms. The molecule has 0 bridgehead atoms. The van der Waals surface area contributed by atoms with Crippen molar-refractivity contribution in [2.75, 3.05) is 0 Å². The Morgan fingerprint density at radius 1 is 1.22 bits per heavy atom. The molecule has 0 atom stereocenters. The molecule has 0 aliphatic carbocycles. The van der Waals surface area contributed by atoms with Crippen molar-refractivity contribution in [3.05, 3.63) is 51.9 Å². The van der Waals surface area contributed by atoms with E-state index in [-0.39, 0.29) is 11.3 Å². The molecular formula is C12H6Cl2FNO2. The zero-order valence-corrected chi connectivity index (χ0v) is 10.3. The zero-order chi connectivity index (χ0) is 13.3. The summed E-state index contributed by atoms with van der Waals surface area (Å²) in [5.41, 5.74) is 0.305. The Labute approximate surface area is 112 Å². The van der Waals surface area contributed by atoms with Crippen LogP contribution in [0.15, 0.2) is 30.3 Å². The number of rotatable bonds is 2. The van der Waals surface area contributed by atoms with Gasteiger partial charge in [-0.05, 0) is 24.3 Å². The number of nitrogens with zero attached hydrogens (tertiary/aromatic N) is 1. The summed E-state index contributed by atoms with van der Waals surface area (Å²) < 4.78 is 13.3. The summed E-state index contributed by atoms with van der Waals surface area (Å²) >= 11 is 11.8. The van der Waals surface area contributed by atoms with Gasteiger partial charge >= 0.3 is 5.97 Å². The molecule has 1 N–H and O–H groups in total. The lowest BCUT2D eigenvalue weighted by Crippen LogP contribution is -2.00. The minimum Gasteiger partial charge on any atom is -0.478 e. The summed E-state index contributed by atoms with van der Waals surface area (Å²) in [6, 6.07) is 6.68. The summed E-state index contributed by atoms with van der Waals surface area (Å²) in [5, 5.41) is 9.57. The van der Waals surface area contributed by atoms with Crippen molar-refractivity contribution in [3.63, 3.8) is 0 Å². The molecule has 92 valence electrons. The van der Waals surface area contributed by atoms with E-state index in [1.807, 2.05) is 0 Å². The average molecular weight is 286 g/mol. The molecule has 3 nitrogen and oxygen atoms in total. The van der Waals surface area contributed by atoms with Crippen LogP contribution >= 0.6 is 23.2 Å². The number of pyridine rings is 1. The zero-order valence-electron chi connectivity index (χ0n) is 8.82. The Kier molecular flexibility index (Phi) is 3.50. The van der Waals surface area contributed by atoms with Gasteiger partial charge in [0.15, 0.2) is 0 Å². The maximum absolute atomic E-state index is 13.3. The first kappa shape index (κ1) is 12.8. The molecule has 0 amide bonds. The van der Waals surface area contributed by atoms with Crippen LogP contribution in [0.25, 0.3) is 11.3 Å². The monoisotopic (exact) mass is 285 g/mol. The van der Waals surface area contributed by atoms with Gasteiger partial charge in [-0.25, -0.2) is 9.78 Å². The van der Waals surface area contributed by atoms with Gasteiger partial charge in [0.2, 0.25) is 5.95 Å². The fourth-order valence-corrected chi connectivity index (χ4v) is 1.84. The standard InChI is InChI=1S/C12H6Cl2FNO2/c13-7-1-2-9(14)8(5-7)10-3-6(12(17)18)4-11(15)16-10/h1-5H,(H,17,18). The van der Waals surface area contributed by atoms with Gasteiger partial charge in [-0.3, -0.25) is 0 Å². The van der Waals surface area contributed by atoms with E-state index in [1.54, 1.807) is 6.07 Å². The minimum absolute atomic E-state index is 0.125. The molecule has 0 unspecified atom stereocenters. The second-order valence-corrected chi connectivity index (χ2v) is 4.34. The number of carboxylic acids is 1. The molecule has 18 heavy (non-hydrogen) atoms. The average Bonchev–Trinajstić information content (AvgIpc) is 2.31. The van der Waals surface area contributed by atoms with E-state index in [4.69, 9.17) is 28.3 Å². The second-order valence-electron chi connectivity index (χ2n) is 3.49. The van der Waals surface area contributed by atoms with E-state index < -0.39 is 11.9 Å². The molecule has 2 aromatic rings. The Bertz CT molecular complexity index is 631. The number of halogens is 3. The van der Waals surface area contributed by atoms with Crippen molar-refractivity contribution in [2.24, 2.45) is 0 Å². The van der Waals surface area contributed by atoms with Crippen LogP contribution in [0.5, 0.6) is 0 Å². The third kappa shape index (κ3) is 2.60. The molecule has 1 aromatic heterocycles. The van der Waals surface area contributed by atoms with Gasteiger partial charge in [0.1, 0.15) is 0 Å². The van der Waals surface area contributed by atoms with E-state index in [9.17, 15) is 9.18 Å². The van der Waals surface area contributed by atoms with Crippen LogP contribution in [0.3, 0.4) is 0 Å². The van der Waals surface area contributed by atoms with Crippen molar-refractivity contribution in [1.29, 1.82) is 0 Å². The fraction of sp³-hybridized carbons (Fsp3) is 0. The first-order valence-electron chi connectivity index (χ1n) is 4.83. The predicted molar refractivity (Wildman–Crippen MR) is 66.6 cm³/mol. The number of aromatic carboxylic acids is 1. The van der Waals surface area contributed by atoms with Gasteiger partial charge in [-0.2, -0.15) is 4.39 Å². The molecule has 0 aliphatic rings. The second kappa shape index (κ2) is 4.92. The van der Waals surface area contributed by atoms with Crippen LogP contribution < -0.4 is 0 Å². The summed E-state index contributed by atoms with van der Waals surface area (Å²) in [5.74, 6) is -2.13. The largest absolute Gasteiger partial charge is 0.478 e. The highest BCUT2D eigenvalue weighted by molar-refractivity contribution is 6.35. The Morgan fingerprint density at radius 2 is 1.94 bits per heavy atom. The van der Waals surface area contributed by atoms with Gasteiger partial charge in [-0.1, -0.05) is 23.2 Å². The van der Waals surface area contributed by atoms with Gasteiger partial charge in [0.05, 0.1) is 16.3 Å². The molecular weight excluding hydrogens is 280 g/mol. The Morgan fingerprint density at radius 3 is 2.61 bits per heavy atom.